The van der Waals surface area contributed by atoms with Gasteiger partial charge in [-0.2, -0.15) is 0 Å². The van der Waals surface area contributed by atoms with Crippen LogP contribution in [0.2, 0.25) is 0 Å². The summed E-state index contributed by atoms with van der Waals surface area (Å²) < 4.78 is 5.89. The first-order valence-corrected chi connectivity index (χ1v) is 9.66. The minimum absolute atomic E-state index is 0.564. The summed E-state index contributed by atoms with van der Waals surface area (Å²) in [5.74, 6) is 1.61. The van der Waals surface area contributed by atoms with Crippen LogP contribution in [-0.4, -0.2) is 18.0 Å². The zero-order valence-electron chi connectivity index (χ0n) is 15.6. The third-order valence-corrected chi connectivity index (χ3v) is 4.82. The molecule has 3 rings (SSSR count). The van der Waals surface area contributed by atoms with E-state index in [0.717, 1.165) is 27.8 Å². The third-order valence-electron chi connectivity index (χ3n) is 3.91. The van der Waals surface area contributed by atoms with Gasteiger partial charge in [-0.1, -0.05) is 42.5 Å². The highest BCUT2D eigenvalue weighted by Crippen LogP contribution is 2.15. The Morgan fingerprint density at radius 1 is 1.04 bits per heavy atom. The topological polar surface area (TPSA) is 58.5 Å². The highest BCUT2D eigenvalue weighted by Gasteiger charge is 2.03. The third kappa shape index (κ3) is 6.11. The second kappa shape index (κ2) is 9.73. The van der Waals surface area contributed by atoms with Crippen LogP contribution < -0.4 is 15.4 Å². The number of guanidine groups is 1. The minimum atomic E-state index is 0.564. The lowest BCUT2D eigenvalue weighted by Crippen LogP contribution is -2.36. The molecule has 27 heavy (non-hydrogen) atoms. The van der Waals surface area contributed by atoms with Gasteiger partial charge < -0.3 is 15.4 Å². The zero-order valence-corrected chi connectivity index (χ0v) is 16.4. The monoisotopic (exact) mass is 380 g/mol. The Hall–Kier alpha value is -2.86. The van der Waals surface area contributed by atoms with Crippen molar-refractivity contribution in [2.45, 2.75) is 26.6 Å². The van der Waals surface area contributed by atoms with Crippen LogP contribution >= 0.6 is 11.3 Å². The van der Waals surface area contributed by atoms with Gasteiger partial charge in [0.25, 0.3) is 0 Å². The average Bonchev–Trinajstić information content (AvgIpc) is 3.13. The van der Waals surface area contributed by atoms with Crippen molar-refractivity contribution < 1.29 is 4.74 Å². The summed E-state index contributed by atoms with van der Waals surface area (Å²) in [5, 5.41) is 7.66. The number of hydrogen-bond donors (Lipinski definition) is 2. The molecule has 0 amide bonds. The van der Waals surface area contributed by atoms with Crippen LogP contribution in [0.5, 0.6) is 5.75 Å². The van der Waals surface area contributed by atoms with Crippen molar-refractivity contribution in [3.8, 4) is 5.75 Å². The predicted octanol–water partition coefficient (Wildman–Crippen LogP) is 3.90. The van der Waals surface area contributed by atoms with Crippen molar-refractivity contribution in [1.29, 1.82) is 0 Å². The first-order chi connectivity index (χ1) is 13.2. The van der Waals surface area contributed by atoms with Crippen molar-refractivity contribution in [3.63, 3.8) is 0 Å². The van der Waals surface area contributed by atoms with E-state index < -0.39 is 0 Å². The average molecular weight is 381 g/mol. The van der Waals surface area contributed by atoms with Crippen molar-refractivity contribution >= 4 is 17.3 Å². The van der Waals surface area contributed by atoms with Crippen LogP contribution in [0.15, 0.2) is 65.8 Å². The van der Waals surface area contributed by atoms with E-state index in [1.807, 2.05) is 42.6 Å². The molecule has 0 fully saturated rings. The normalized spacial score (nSPS) is 11.3. The number of nitrogens with one attached hydrogen (secondary N) is 2. The van der Waals surface area contributed by atoms with E-state index in [1.165, 1.54) is 4.88 Å². The van der Waals surface area contributed by atoms with Crippen LogP contribution in [0.25, 0.3) is 0 Å². The highest BCUT2D eigenvalue weighted by atomic mass is 32.1. The Balaban J connectivity index is 1.49. The molecule has 2 aromatic carbocycles. The molecule has 2 N–H and O–H groups in total. The van der Waals surface area contributed by atoms with E-state index in [9.17, 15) is 0 Å². The molecule has 0 bridgehead atoms. The molecule has 0 atom stereocenters. The maximum Gasteiger partial charge on any atom is 0.191 e. The zero-order chi connectivity index (χ0) is 18.9. The number of aryl methyl sites for hydroxylation is 1. The summed E-state index contributed by atoms with van der Waals surface area (Å²) in [6.45, 7) is 3.95. The maximum atomic E-state index is 5.89. The Bertz CT molecular complexity index is 877. The lowest BCUT2D eigenvalue weighted by molar-refractivity contribution is 0.306. The van der Waals surface area contributed by atoms with E-state index in [-0.39, 0.29) is 0 Å². The Morgan fingerprint density at radius 2 is 1.81 bits per heavy atom. The Morgan fingerprint density at radius 3 is 2.56 bits per heavy atom. The Kier molecular flexibility index (Phi) is 6.82. The van der Waals surface area contributed by atoms with Crippen LogP contribution in [-0.2, 0) is 19.7 Å². The molecular formula is C21H24N4OS. The van der Waals surface area contributed by atoms with Gasteiger partial charge in [-0.3, -0.25) is 4.99 Å². The van der Waals surface area contributed by atoms with E-state index in [1.54, 1.807) is 18.4 Å². The van der Waals surface area contributed by atoms with Crippen molar-refractivity contribution in [2.75, 3.05) is 7.05 Å². The number of aromatic nitrogens is 1. The maximum absolute atomic E-state index is 5.89. The number of hydrogen-bond acceptors (Lipinski definition) is 4. The minimum Gasteiger partial charge on any atom is -0.489 e. The van der Waals surface area contributed by atoms with E-state index in [0.29, 0.717) is 19.7 Å². The number of nitrogens with zero attached hydrogens (tertiary/aromatic N) is 2. The number of benzene rings is 2. The number of ether oxygens (including phenoxy) is 1. The number of aliphatic imine (C=N–C) groups is 1. The number of rotatable bonds is 7. The van der Waals surface area contributed by atoms with Crippen LogP contribution in [0, 0.1) is 6.92 Å². The fourth-order valence-corrected chi connectivity index (χ4v) is 3.26. The summed E-state index contributed by atoms with van der Waals surface area (Å²) in [6, 6.07) is 18.3. The summed E-state index contributed by atoms with van der Waals surface area (Å²) in [7, 11) is 1.77. The first kappa shape index (κ1) is 18.9. The van der Waals surface area contributed by atoms with Gasteiger partial charge in [0, 0.05) is 24.7 Å². The molecule has 0 saturated carbocycles. The molecule has 0 aliphatic rings. The van der Waals surface area contributed by atoms with E-state index in [2.05, 4.69) is 45.7 Å². The van der Waals surface area contributed by atoms with Gasteiger partial charge in [-0.05, 0) is 30.2 Å². The van der Waals surface area contributed by atoms with E-state index in [4.69, 9.17) is 4.74 Å². The molecule has 1 heterocycles. The van der Waals surface area contributed by atoms with Gasteiger partial charge in [-0.25, -0.2) is 4.98 Å². The summed E-state index contributed by atoms with van der Waals surface area (Å²) in [5.41, 5.74) is 2.29. The van der Waals surface area contributed by atoms with Crippen molar-refractivity contribution in [1.82, 2.24) is 15.6 Å². The molecule has 0 spiro atoms. The van der Waals surface area contributed by atoms with Gasteiger partial charge in [0.15, 0.2) is 5.96 Å². The summed E-state index contributed by atoms with van der Waals surface area (Å²) in [4.78, 5) is 9.83. The number of thiazole rings is 1. The van der Waals surface area contributed by atoms with Crippen LogP contribution in [0.1, 0.15) is 21.0 Å². The predicted molar refractivity (Wildman–Crippen MR) is 111 cm³/mol. The van der Waals surface area contributed by atoms with Crippen molar-refractivity contribution in [3.05, 3.63) is 81.8 Å². The molecule has 140 valence electrons. The van der Waals surface area contributed by atoms with E-state index >= 15 is 0 Å². The molecular weight excluding hydrogens is 356 g/mol. The summed E-state index contributed by atoms with van der Waals surface area (Å²) in [6.07, 6.45) is 1.89. The molecule has 0 radical (unpaired) electrons. The molecule has 0 saturated heterocycles. The quantitative estimate of drug-likeness (QED) is 0.482. The SMILES string of the molecule is CN=C(NCc1cccc(OCc2ccccc2)c1)NCc1ncc(C)s1. The largest absolute Gasteiger partial charge is 0.489 e. The lowest BCUT2D eigenvalue weighted by atomic mass is 10.2. The second-order valence-electron chi connectivity index (χ2n) is 6.07. The van der Waals surface area contributed by atoms with Gasteiger partial charge in [0.05, 0.1) is 6.54 Å². The second-order valence-corrected chi connectivity index (χ2v) is 7.38. The molecule has 1 aromatic heterocycles. The summed E-state index contributed by atoms with van der Waals surface area (Å²) >= 11 is 1.69. The molecule has 0 aliphatic heterocycles. The fraction of sp³-hybridized carbons (Fsp3) is 0.238. The smallest absolute Gasteiger partial charge is 0.191 e. The van der Waals surface area contributed by atoms with Crippen molar-refractivity contribution in [2.24, 2.45) is 4.99 Å². The molecule has 0 aliphatic carbocycles. The Labute approximate surface area is 164 Å². The highest BCUT2D eigenvalue weighted by molar-refractivity contribution is 7.11. The standard InChI is InChI=1S/C21H24N4OS/c1-16-12-23-20(27-16)14-25-21(22-2)24-13-18-9-6-10-19(11-18)26-15-17-7-4-3-5-8-17/h3-12H,13-15H2,1-2H3,(H2,22,24,25). The molecule has 3 aromatic rings. The first-order valence-electron chi connectivity index (χ1n) is 8.84. The van der Waals surface area contributed by atoms with Gasteiger partial charge in [-0.15, -0.1) is 11.3 Å². The van der Waals surface area contributed by atoms with Gasteiger partial charge in [0.2, 0.25) is 0 Å². The van der Waals surface area contributed by atoms with Gasteiger partial charge >= 0.3 is 0 Å². The molecule has 6 heteroatoms. The van der Waals surface area contributed by atoms with Crippen LogP contribution in [0.4, 0.5) is 0 Å². The fourth-order valence-electron chi connectivity index (χ4n) is 2.54. The molecule has 5 nitrogen and oxygen atoms in total. The van der Waals surface area contributed by atoms with Gasteiger partial charge in [0.1, 0.15) is 17.4 Å². The molecule has 0 unspecified atom stereocenters. The van der Waals surface area contributed by atoms with Crippen LogP contribution in [0.3, 0.4) is 0 Å². The lowest BCUT2D eigenvalue weighted by Gasteiger charge is -2.12.